The highest BCUT2D eigenvalue weighted by molar-refractivity contribution is 6.00. The maximum Gasteiger partial charge on any atom is 0.315 e. The fourth-order valence-electron chi connectivity index (χ4n) is 4.87. The molecule has 3 aromatic rings. The van der Waals surface area contributed by atoms with Gasteiger partial charge in [0.15, 0.2) is 23.0 Å². The van der Waals surface area contributed by atoms with Crippen LogP contribution in [0, 0.1) is 10.1 Å². The molecule has 2 aliphatic rings. The Balaban J connectivity index is 1.61. The zero-order valence-electron chi connectivity index (χ0n) is 19.7. The summed E-state index contributed by atoms with van der Waals surface area (Å²) in [7, 11) is 4.42. The number of carbonyl (C=O) groups is 1. The van der Waals surface area contributed by atoms with Crippen LogP contribution in [0.3, 0.4) is 0 Å². The number of nitro benzene ring substituents is 1. The lowest BCUT2D eigenvalue weighted by Gasteiger charge is -2.35. The Labute approximate surface area is 205 Å². The third-order valence-corrected chi connectivity index (χ3v) is 6.55. The van der Waals surface area contributed by atoms with Crippen LogP contribution in [-0.4, -0.2) is 51.9 Å². The predicted octanol–water partition coefficient (Wildman–Crippen LogP) is 3.33. The molecule has 0 unspecified atom stereocenters. The second-order valence-electron chi connectivity index (χ2n) is 8.44. The zero-order chi connectivity index (χ0) is 25.6. The molecule has 0 fully saturated rings. The molecule has 1 aliphatic carbocycles. The Morgan fingerprint density at radius 2 is 1.78 bits per heavy atom. The number of ketones is 1. The van der Waals surface area contributed by atoms with Gasteiger partial charge in [-0.05, 0) is 41.7 Å². The first-order valence-corrected chi connectivity index (χ1v) is 11.1. The lowest BCUT2D eigenvalue weighted by atomic mass is 9.77. The summed E-state index contributed by atoms with van der Waals surface area (Å²) in [6.07, 6.45) is 2.06. The average molecular weight is 493 g/mol. The number of ether oxygens (including phenoxy) is 3. The Bertz CT molecular complexity index is 1410. The van der Waals surface area contributed by atoms with E-state index in [1.807, 2.05) is 12.1 Å². The summed E-state index contributed by atoms with van der Waals surface area (Å²) < 4.78 is 17.4. The number of nitrogens with one attached hydrogen (secondary N) is 1. The van der Waals surface area contributed by atoms with Crippen molar-refractivity contribution < 1.29 is 29.0 Å². The molecule has 0 radical (unpaired) electrons. The van der Waals surface area contributed by atoms with Gasteiger partial charge in [-0.1, -0.05) is 6.07 Å². The van der Waals surface area contributed by atoms with Crippen LogP contribution >= 0.6 is 0 Å². The summed E-state index contributed by atoms with van der Waals surface area (Å²) in [4.78, 5) is 28.8. The standard InChI is InChI=1S/C24H23N5O7/c1-34-18-5-4-12(9-19(18)35-2)13-6-15-21(17(30)8-13)22(28-24(27-15)25-11-26-28)14-7-16(29(32)33)23(31)20(10-14)36-3/h4-5,7,9-11,13,22,31H,6,8H2,1-3H3,(H,25,26,27)/t13-,22-/m1/s1. The number of methoxy groups -OCH3 is 3. The number of anilines is 1. The summed E-state index contributed by atoms with van der Waals surface area (Å²) in [5.74, 6) is 0.626. The second-order valence-corrected chi connectivity index (χ2v) is 8.44. The van der Waals surface area contributed by atoms with Gasteiger partial charge in [0, 0.05) is 23.8 Å². The fraction of sp³-hybridized carbons (Fsp3) is 0.292. The van der Waals surface area contributed by atoms with E-state index in [2.05, 4.69) is 15.4 Å². The van der Waals surface area contributed by atoms with E-state index in [-0.39, 0.29) is 23.9 Å². The lowest BCUT2D eigenvalue weighted by Crippen LogP contribution is -2.33. The molecule has 1 aromatic heterocycles. The summed E-state index contributed by atoms with van der Waals surface area (Å²) in [5.41, 5.74) is 1.85. The van der Waals surface area contributed by atoms with Crippen LogP contribution in [0.2, 0.25) is 0 Å². The number of carbonyl (C=O) groups excluding carboxylic acids is 1. The van der Waals surface area contributed by atoms with Crippen LogP contribution in [0.1, 0.15) is 35.9 Å². The number of nitro groups is 1. The van der Waals surface area contributed by atoms with E-state index < -0.39 is 22.4 Å². The highest BCUT2D eigenvalue weighted by atomic mass is 16.6. The first kappa shape index (κ1) is 23.1. The van der Waals surface area contributed by atoms with Gasteiger partial charge in [0.05, 0.1) is 26.3 Å². The van der Waals surface area contributed by atoms with Crippen LogP contribution in [0.4, 0.5) is 11.6 Å². The van der Waals surface area contributed by atoms with E-state index in [1.165, 1.54) is 30.3 Å². The van der Waals surface area contributed by atoms with E-state index in [0.717, 1.165) is 5.56 Å². The van der Waals surface area contributed by atoms with Gasteiger partial charge in [-0.2, -0.15) is 10.1 Å². The van der Waals surface area contributed by atoms with E-state index >= 15 is 0 Å². The third kappa shape index (κ3) is 3.67. The minimum atomic E-state index is -0.786. The molecule has 12 nitrogen and oxygen atoms in total. The maximum atomic E-state index is 13.6. The van der Waals surface area contributed by atoms with Crippen LogP contribution in [0.25, 0.3) is 0 Å². The van der Waals surface area contributed by atoms with Crippen molar-refractivity contribution in [2.24, 2.45) is 0 Å². The number of hydrogen-bond acceptors (Lipinski definition) is 10. The van der Waals surface area contributed by atoms with Crippen LogP contribution < -0.4 is 19.5 Å². The van der Waals surface area contributed by atoms with Crippen molar-refractivity contribution >= 4 is 17.4 Å². The molecular weight excluding hydrogens is 470 g/mol. The third-order valence-electron chi connectivity index (χ3n) is 6.55. The smallest absolute Gasteiger partial charge is 0.315 e. The molecule has 0 spiro atoms. The Hall–Kier alpha value is -4.61. The topological polar surface area (TPSA) is 151 Å². The largest absolute Gasteiger partial charge is 0.500 e. The van der Waals surface area contributed by atoms with Crippen molar-refractivity contribution in [2.45, 2.75) is 24.8 Å². The number of benzene rings is 2. The normalized spacial score (nSPS) is 18.7. The zero-order valence-corrected chi connectivity index (χ0v) is 19.7. The molecule has 12 heteroatoms. The van der Waals surface area contributed by atoms with Gasteiger partial charge in [-0.15, -0.1) is 0 Å². The molecule has 5 rings (SSSR count). The van der Waals surface area contributed by atoms with E-state index in [0.29, 0.717) is 40.7 Å². The number of Topliss-reactive ketones (excluding diaryl/α,β-unsaturated/α-hetero) is 1. The van der Waals surface area contributed by atoms with E-state index in [9.17, 15) is 20.0 Å². The average Bonchev–Trinajstić information content (AvgIpc) is 3.35. The number of rotatable bonds is 6. The second kappa shape index (κ2) is 8.87. The molecule has 2 N–H and O–H groups in total. The molecule has 36 heavy (non-hydrogen) atoms. The lowest BCUT2D eigenvalue weighted by molar-refractivity contribution is -0.386. The Kier molecular flexibility index (Phi) is 5.71. The van der Waals surface area contributed by atoms with Gasteiger partial charge in [0.1, 0.15) is 12.4 Å². The molecule has 0 amide bonds. The van der Waals surface area contributed by atoms with Crippen LogP contribution in [0.5, 0.6) is 23.0 Å². The minimum absolute atomic E-state index is 0.0759. The molecule has 1 aliphatic heterocycles. The summed E-state index contributed by atoms with van der Waals surface area (Å²) in [5, 5.41) is 29.3. The first-order chi connectivity index (χ1) is 17.4. The van der Waals surface area contributed by atoms with Gasteiger partial charge in [-0.25, -0.2) is 4.68 Å². The summed E-state index contributed by atoms with van der Waals surface area (Å²) in [6, 6.07) is 7.49. The molecule has 2 heterocycles. The monoisotopic (exact) mass is 493 g/mol. The van der Waals surface area contributed by atoms with Crippen LogP contribution in [0.15, 0.2) is 47.9 Å². The van der Waals surface area contributed by atoms with Crippen molar-refractivity contribution in [3.63, 3.8) is 0 Å². The molecular formula is C24H23N5O7. The van der Waals surface area contributed by atoms with Crippen molar-refractivity contribution in [1.29, 1.82) is 0 Å². The van der Waals surface area contributed by atoms with Crippen molar-refractivity contribution in [3.05, 3.63) is 69.2 Å². The number of allylic oxidation sites excluding steroid dienone is 2. The number of aromatic hydroxyl groups is 1. The molecule has 186 valence electrons. The van der Waals surface area contributed by atoms with E-state index in [1.54, 1.807) is 20.3 Å². The number of fused-ring (bicyclic) bond motifs is 1. The number of nitrogens with zero attached hydrogens (tertiary/aromatic N) is 4. The highest BCUT2D eigenvalue weighted by Gasteiger charge is 2.40. The molecule has 0 saturated heterocycles. The molecule has 0 bridgehead atoms. The van der Waals surface area contributed by atoms with E-state index in [4.69, 9.17) is 14.2 Å². The number of aromatic nitrogens is 3. The number of hydrogen-bond donors (Lipinski definition) is 2. The van der Waals surface area contributed by atoms with Crippen molar-refractivity contribution in [2.75, 3.05) is 26.6 Å². The van der Waals surface area contributed by atoms with Crippen molar-refractivity contribution in [1.82, 2.24) is 14.8 Å². The SMILES string of the molecule is COc1ccc([C@H]2CC(=O)C3=C(C2)Nc2ncnn2[C@@H]3c2cc(OC)c(O)c([N+](=O)[O-])c2)cc1OC. The number of phenols is 1. The Morgan fingerprint density at radius 1 is 1.06 bits per heavy atom. The van der Waals surface area contributed by atoms with Gasteiger partial charge in [-0.3, -0.25) is 14.9 Å². The van der Waals surface area contributed by atoms with Gasteiger partial charge < -0.3 is 24.6 Å². The molecule has 2 aromatic carbocycles. The quantitative estimate of drug-likeness (QED) is 0.386. The van der Waals surface area contributed by atoms with Gasteiger partial charge in [0.2, 0.25) is 11.7 Å². The van der Waals surface area contributed by atoms with Gasteiger partial charge in [0.25, 0.3) is 0 Å². The molecule has 0 saturated carbocycles. The molecule has 2 atom stereocenters. The number of phenolic OH excluding ortho intramolecular Hbond substituents is 1. The fourth-order valence-corrected chi connectivity index (χ4v) is 4.87. The first-order valence-electron chi connectivity index (χ1n) is 11.1. The van der Waals surface area contributed by atoms with Crippen LogP contribution in [-0.2, 0) is 4.79 Å². The van der Waals surface area contributed by atoms with Crippen molar-refractivity contribution in [3.8, 4) is 23.0 Å². The van der Waals surface area contributed by atoms with Gasteiger partial charge >= 0.3 is 5.69 Å². The highest BCUT2D eigenvalue weighted by Crippen LogP contribution is 2.47. The maximum absolute atomic E-state index is 13.6. The predicted molar refractivity (Wildman–Crippen MR) is 127 cm³/mol. The summed E-state index contributed by atoms with van der Waals surface area (Å²) in [6.45, 7) is 0. The Morgan fingerprint density at radius 3 is 2.47 bits per heavy atom. The summed E-state index contributed by atoms with van der Waals surface area (Å²) >= 11 is 0. The minimum Gasteiger partial charge on any atom is -0.500 e.